The molecule has 0 aliphatic rings. The highest BCUT2D eigenvalue weighted by Crippen LogP contribution is 2.28. The Morgan fingerprint density at radius 2 is 1.90 bits per heavy atom. The molecule has 1 aromatic carbocycles. The van der Waals surface area contributed by atoms with Gasteiger partial charge in [-0.15, -0.1) is 10.2 Å². The maximum Gasteiger partial charge on any atom is 0.282 e. The van der Waals surface area contributed by atoms with Crippen LogP contribution in [-0.4, -0.2) is 16.1 Å². The molecule has 112 valence electrons. The average Bonchev–Trinajstić information content (AvgIpc) is 2.95. The monoisotopic (exact) mass is 323 g/mol. The summed E-state index contributed by atoms with van der Waals surface area (Å²) in [7, 11) is 0. The van der Waals surface area contributed by atoms with Crippen LogP contribution in [0, 0.1) is 5.92 Å². The number of benzene rings is 1. The lowest BCUT2D eigenvalue weighted by Gasteiger charge is -2.26. The van der Waals surface area contributed by atoms with Gasteiger partial charge in [0, 0.05) is 0 Å². The van der Waals surface area contributed by atoms with Crippen molar-refractivity contribution in [1.82, 2.24) is 15.5 Å². The number of rotatable bonds is 6. The van der Waals surface area contributed by atoms with Gasteiger partial charge in [-0.3, -0.25) is 4.79 Å². The molecule has 6 heteroatoms. The third kappa shape index (κ3) is 4.02. The van der Waals surface area contributed by atoms with Crippen molar-refractivity contribution in [3.63, 3.8) is 0 Å². The van der Waals surface area contributed by atoms with Gasteiger partial charge >= 0.3 is 0 Å². The van der Waals surface area contributed by atoms with Gasteiger partial charge in [-0.1, -0.05) is 68.4 Å². The molecule has 0 aliphatic heterocycles. The maximum absolute atomic E-state index is 12.3. The van der Waals surface area contributed by atoms with Crippen molar-refractivity contribution in [1.29, 1.82) is 0 Å². The lowest BCUT2D eigenvalue weighted by Crippen LogP contribution is -2.33. The topological polar surface area (TPSA) is 54.9 Å². The van der Waals surface area contributed by atoms with Crippen molar-refractivity contribution >= 4 is 28.8 Å². The second kappa shape index (κ2) is 7.52. The standard InChI is InChI=1S/C15H18ClN3OS/c1-3-10(4-2)12(11-8-6-5-7-9-11)17-13(20)14-18-19-15(16)21-14/h5-10,12H,3-4H2,1-2H3,(H,17,20). The van der Waals surface area contributed by atoms with E-state index in [-0.39, 0.29) is 16.4 Å². The van der Waals surface area contributed by atoms with E-state index in [2.05, 4.69) is 29.4 Å². The fraction of sp³-hybridized carbons (Fsp3) is 0.400. The predicted octanol–water partition coefficient (Wildman–Crippen LogP) is 4.10. The fourth-order valence-corrected chi connectivity index (χ4v) is 3.13. The van der Waals surface area contributed by atoms with Crippen molar-refractivity contribution < 1.29 is 4.79 Å². The van der Waals surface area contributed by atoms with Gasteiger partial charge in [0.25, 0.3) is 5.91 Å². The van der Waals surface area contributed by atoms with E-state index in [0.717, 1.165) is 29.7 Å². The normalized spacial score (nSPS) is 12.4. The zero-order valence-corrected chi connectivity index (χ0v) is 13.6. The van der Waals surface area contributed by atoms with E-state index in [4.69, 9.17) is 11.6 Å². The fourth-order valence-electron chi connectivity index (χ4n) is 2.39. The SMILES string of the molecule is CCC(CC)C(NC(=O)c1nnc(Cl)s1)c1ccccc1. The molecular weight excluding hydrogens is 306 g/mol. The summed E-state index contributed by atoms with van der Waals surface area (Å²) in [6.07, 6.45) is 1.99. The highest BCUT2D eigenvalue weighted by molar-refractivity contribution is 7.17. The summed E-state index contributed by atoms with van der Waals surface area (Å²) in [5.74, 6) is 0.153. The van der Waals surface area contributed by atoms with Gasteiger partial charge in [0.15, 0.2) is 0 Å². The molecule has 2 rings (SSSR count). The molecule has 0 bridgehead atoms. The van der Waals surface area contributed by atoms with Crippen LogP contribution in [0.2, 0.25) is 4.47 Å². The van der Waals surface area contributed by atoms with Crippen molar-refractivity contribution in [2.75, 3.05) is 0 Å². The van der Waals surface area contributed by atoms with E-state index in [1.807, 2.05) is 30.3 Å². The Balaban J connectivity index is 2.22. The van der Waals surface area contributed by atoms with Gasteiger partial charge in [0.2, 0.25) is 9.47 Å². The summed E-state index contributed by atoms with van der Waals surface area (Å²) in [5, 5.41) is 10.8. The van der Waals surface area contributed by atoms with Crippen LogP contribution in [0.3, 0.4) is 0 Å². The molecule has 0 saturated carbocycles. The molecule has 1 unspecified atom stereocenters. The molecule has 2 aromatic rings. The van der Waals surface area contributed by atoms with E-state index < -0.39 is 0 Å². The van der Waals surface area contributed by atoms with Crippen LogP contribution in [0.25, 0.3) is 0 Å². The van der Waals surface area contributed by atoms with Crippen LogP contribution >= 0.6 is 22.9 Å². The number of aromatic nitrogens is 2. The number of carbonyl (C=O) groups excluding carboxylic acids is 1. The smallest absolute Gasteiger partial charge is 0.282 e. The van der Waals surface area contributed by atoms with E-state index >= 15 is 0 Å². The third-order valence-electron chi connectivity index (χ3n) is 3.56. The number of hydrogen-bond acceptors (Lipinski definition) is 4. The highest BCUT2D eigenvalue weighted by Gasteiger charge is 2.24. The summed E-state index contributed by atoms with van der Waals surface area (Å²) >= 11 is 6.83. The number of carbonyl (C=O) groups is 1. The Kier molecular flexibility index (Phi) is 5.70. The van der Waals surface area contributed by atoms with Crippen molar-refractivity contribution in [2.45, 2.75) is 32.7 Å². The molecule has 0 radical (unpaired) electrons. The Bertz CT molecular complexity index is 584. The first kappa shape index (κ1) is 15.9. The van der Waals surface area contributed by atoms with E-state index in [1.54, 1.807) is 0 Å². The minimum Gasteiger partial charge on any atom is -0.343 e. The Labute approximate surface area is 133 Å². The molecule has 1 aromatic heterocycles. The van der Waals surface area contributed by atoms with Crippen molar-refractivity contribution in [3.05, 3.63) is 45.4 Å². The van der Waals surface area contributed by atoms with E-state index in [0.29, 0.717) is 10.9 Å². The molecule has 0 aliphatic carbocycles. The first-order valence-corrected chi connectivity index (χ1v) is 8.20. The van der Waals surface area contributed by atoms with Gasteiger partial charge in [0.1, 0.15) is 0 Å². The minimum atomic E-state index is -0.222. The van der Waals surface area contributed by atoms with Gasteiger partial charge < -0.3 is 5.32 Å². The third-order valence-corrected chi connectivity index (χ3v) is 4.58. The highest BCUT2D eigenvalue weighted by atomic mass is 35.5. The maximum atomic E-state index is 12.3. The molecule has 0 saturated heterocycles. The van der Waals surface area contributed by atoms with E-state index in [1.165, 1.54) is 0 Å². The number of hydrogen-bond donors (Lipinski definition) is 1. The van der Waals surface area contributed by atoms with Crippen LogP contribution in [0.5, 0.6) is 0 Å². The molecule has 0 fully saturated rings. The van der Waals surface area contributed by atoms with Gasteiger partial charge in [-0.05, 0) is 23.1 Å². The van der Waals surface area contributed by atoms with Gasteiger partial charge in [-0.2, -0.15) is 0 Å². The van der Waals surface area contributed by atoms with E-state index in [9.17, 15) is 4.79 Å². The molecule has 21 heavy (non-hydrogen) atoms. The summed E-state index contributed by atoms with van der Waals surface area (Å²) in [5.41, 5.74) is 1.11. The summed E-state index contributed by atoms with van der Waals surface area (Å²) in [6, 6.07) is 9.99. The zero-order valence-electron chi connectivity index (χ0n) is 12.0. The molecule has 0 spiro atoms. The quantitative estimate of drug-likeness (QED) is 0.870. The molecule has 4 nitrogen and oxygen atoms in total. The molecule has 1 amide bonds. The summed E-state index contributed by atoms with van der Waals surface area (Å²) in [4.78, 5) is 12.3. The summed E-state index contributed by atoms with van der Waals surface area (Å²) in [6.45, 7) is 4.27. The predicted molar refractivity (Wildman–Crippen MR) is 85.6 cm³/mol. The van der Waals surface area contributed by atoms with Crippen LogP contribution in [-0.2, 0) is 0 Å². The number of halogens is 1. The lowest BCUT2D eigenvalue weighted by atomic mass is 9.89. The second-order valence-electron chi connectivity index (χ2n) is 4.80. The first-order valence-electron chi connectivity index (χ1n) is 7.00. The minimum absolute atomic E-state index is 0.0311. The van der Waals surface area contributed by atoms with Crippen LogP contribution in [0.1, 0.15) is 48.1 Å². The van der Waals surface area contributed by atoms with Gasteiger partial charge in [-0.25, -0.2) is 0 Å². The molecule has 1 N–H and O–H groups in total. The average molecular weight is 324 g/mol. The number of nitrogens with one attached hydrogen (secondary N) is 1. The van der Waals surface area contributed by atoms with Crippen molar-refractivity contribution in [3.8, 4) is 0 Å². The molecule has 1 heterocycles. The Hall–Kier alpha value is -1.46. The molecule has 1 atom stereocenters. The Morgan fingerprint density at radius 3 is 2.43 bits per heavy atom. The zero-order chi connectivity index (χ0) is 15.2. The number of nitrogens with zero attached hydrogens (tertiary/aromatic N) is 2. The summed E-state index contributed by atoms with van der Waals surface area (Å²) < 4.78 is 0.277. The largest absolute Gasteiger partial charge is 0.343 e. The number of amides is 1. The first-order chi connectivity index (χ1) is 10.2. The van der Waals surface area contributed by atoms with Crippen LogP contribution in [0.15, 0.2) is 30.3 Å². The lowest BCUT2D eigenvalue weighted by molar-refractivity contribution is 0.0918. The van der Waals surface area contributed by atoms with Crippen LogP contribution < -0.4 is 5.32 Å². The van der Waals surface area contributed by atoms with Crippen LogP contribution in [0.4, 0.5) is 0 Å². The van der Waals surface area contributed by atoms with Gasteiger partial charge in [0.05, 0.1) is 6.04 Å². The second-order valence-corrected chi connectivity index (χ2v) is 6.36. The van der Waals surface area contributed by atoms with Crippen molar-refractivity contribution in [2.24, 2.45) is 5.92 Å². The molecular formula is C15H18ClN3OS. The Morgan fingerprint density at radius 1 is 1.24 bits per heavy atom.